The van der Waals surface area contributed by atoms with Crippen molar-refractivity contribution in [1.82, 2.24) is 14.9 Å². The Morgan fingerprint density at radius 1 is 1.55 bits per heavy atom. The minimum atomic E-state index is 0.669. The van der Waals surface area contributed by atoms with E-state index < -0.39 is 0 Å². The number of hydrogen-bond acceptors (Lipinski definition) is 5. The summed E-state index contributed by atoms with van der Waals surface area (Å²) in [6.45, 7) is 10.0. The molecule has 2 heterocycles. The average molecular weight is 275 g/mol. The molecule has 1 fully saturated rings. The summed E-state index contributed by atoms with van der Waals surface area (Å²) in [7, 11) is 4.01. The number of aromatic nitrogens is 2. The van der Waals surface area contributed by atoms with E-state index in [0.717, 1.165) is 43.5 Å². The zero-order chi connectivity index (χ0) is 14.5. The van der Waals surface area contributed by atoms with Crippen LogP contribution in [0.1, 0.15) is 12.0 Å². The van der Waals surface area contributed by atoms with Gasteiger partial charge in [-0.25, -0.2) is 4.98 Å². The molecule has 0 spiro atoms. The highest BCUT2D eigenvalue weighted by molar-refractivity contribution is 5.47. The van der Waals surface area contributed by atoms with Crippen molar-refractivity contribution >= 4 is 11.8 Å². The van der Waals surface area contributed by atoms with Gasteiger partial charge in [-0.15, -0.1) is 6.58 Å². The van der Waals surface area contributed by atoms with Gasteiger partial charge in [-0.3, -0.25) is 4.90 Å². The number of likely N-dealkylation sites (tertiary alicyclic amines) is 1. The van der Waals surface area contributed by atoms with E-state index in [-0.39, 0.29) is 0 Å². The summed E-state index contributed by atoms with van der Waals surface area (Å²) in [5.41, 5.74) is 1.10. The van der Waals surface area contributed by atoms with E-state index in [2.05, 4.69) is 26.8 Å². The van der Waals surface area contributed by atoms with E-state index in [1.165, 1.54) is 6.42 Å². The lowest BCUT2D eigenvalue weighted by Crippen LogP contribution is -2.23. The highest BCUT2D eigenvalue weighted by Crippen LogP contribution is 2.18. The maximum absolute atomic E-state index is 4.56. The van der Waals surface area contributed by atoms with Gasteiger partial charge >= 0.3 is 0 Å². The molecule has 20 heavy (non-hydrogen) atoms. The van der Waals surface area contributed by atoms with Crippen LogP contribution in [0.4, 0.5) is 11.8 Å². The van der Waals surface area contributed by atoms with Crippen LogP contribution in [0.15, 0.2) is 18.9 Å². The van der Waals surface area contributed by atoms with Crippen LogP contribution < -0.4 is 10.2 Å². The molecule has 2 rings (SSSR count). The molecule has 0 aliphatic carbocycles. The van der Waals surface area contributed by atoms with E-state index >= 15 is 0 Å². The molecule has 1 aromatic heterocycles. The summed E-state index contributed by atoms with van der Waals surface area (Å²) in [4.78, 5) is 13.4. The predicted octanol–water partition coefficient (Wildman–Crippen LogP) is 1.77. The van der Waals surface area contributed by atoms with Crippen LogP contribution in [0.2, 0.25) is 0 Å². The molecule has 1 unspecified atom stereocenters. The van der Waals surface area contributed by atoms with Gasteiger partial charge in [0.1, 0.15) is 5.82 Å². The monoisotopic (exact) mass is 275 g/mol. The van der Waals surface area contributed by atoms with Crippen LogP contribution in [-0.4, -0.2) is 55.1 Å². The minimum Gasteiger partial charge on any atom is -0.362 e. The smallest absolute Gasteiger partial charge is 0.224 e. The summed E-state index contributed by atoms with van der Waals surface area (Å²) in [6.07, 6.45) is 5.08. The third kappa shape index (κ3) is 3.70. The normalized spacial score (nSPS) is 19.1. The third-order valence-corrected chi connectivity index (χ3v) is 3.67. The highest BCUT2D eigenvalue weighted by atomic mass is 15.2. The van der Waals surface area contributed by atoms with Crippen LogP contribution in [0.25, 0.3) is 0 Å². The Bertz CT molecular complexity index is 458. The Labute approximate surface area is 121 Å². The number of anilines is 2. The number of nitrogens with one attached hydrogen (secondary N) is 1. The predicted molar refractivity (Wildman–Crippen MR) is 84.3 cm³/mol. The third-order valence-electron chi connectivity index (χ3n) is 3.67. The lowest BCUT2D eigenvalue weighted by atomic mass is 10.1. The zero-order valence-electron chi connectivity index (χ0n) is 12.8. The Morgan fingerprint density at radius 3 is 3.05 bits per heavy atom. The summed E-state index contributed by atoms with van der Waals surface area (Å²) >= 11 is 0. The van der Waals surface area contributed by atoms with Gasteiger partial charge in [-0.1, -0.05) is 6.08 Å². The molecule has 0 amide bonds. The van der Waals surface area contributed by atoms with Crippen molar-refractivity contribution in [1.29, 1.82) is 0 Å². The van der Waals surface area contributed by atoms with Crippen molar-refractivity contribution in [2.45, 2.75) is 13.3 Å². The Hall–Kier alpha value is -1.62. The van der Waals surface area contributed by atoms with Crippen molar-refractivity contribution in [3.8, 4) is 0 Å². The molecule has 1 saturated heterocycles. The van der Waals surface area contributed by atoms with Crippen molar-refractivity contribution in [3.05, 3.63) is 24.4 Å². The Balaban J connectivity index is 1.88. The molecule has 110 valence electrons. The van der Waals surface area contributed by atoms with Gasteiger partial charge in [-0.2, -0.15) is 4.98 Å². The highest BCUT2D eigenvalue weighted by Gasteiger charge is 2.21. The average Bonchev–Trinajstić information content (AvgIpc) is 2.86. The Kier molecular flexibility index (Phi) is 4.95. The first-order chi connectivity index (χ1) is 9.60. The summed E-state index contributed by atoms with van der Waals surface area (Å²) in [5, 5.41) is 3.37. The first-order valence-corrected chi connectivity index (χ1v) is 7.18. The molecule has 5 heteroatoms. The molecule has 5 nitrogen and oxygen atoms in total. The van der Waals surface area contributed by atoms with Gasteiger partial charge in [0.2, 0.25) is 5.95 Å². The molecule has 1 aliphatic rings. The van der Waals surface area contributed by atoms with Crippen molar-refractivity contribution < 1.29 is 0 Å². The Morgan fingerprint density at radius 2 is 2.35 bits per heavy atom. The van der Waals surface area contributed by atoms with E-state index in [9.17, 15) is 0 Å². The lowest BCUT2D eigenvalue weighted by Gasteiger charge is -2.17. The van der Waals surface area contributed by atoms with E-state index in [0.29, 0.717) is 5.92 Å². The quantitative estimate of drug-likeness (QED) is 0.802. The maximum Gasteiger partial charge on any atom is 0.224 e. The molecular formula is C15H25N5. The fourth-order valence-electron chi connectivity index (χ4n) is 2.63. The molecule has 1 N–H and O–H groups in total. The fraction of sp³-hybridized carbons (Fsp3) is 0.600. The number of hydrogen-bond donors (Lipinski definition) is 1. The first-order valence-electron chi connectivity index (χ1n) is 7.18. The standard InChI is InChI=1S/C15H25N5/c1-5-7-20-8-6-13(11-20)10-17-15-16-9-12(2)14(18-15)19(3)4/h5,9,13H,1,6-8,10-11H2,2-4H3,(H,16,17,18). The van der Waals surface area contributed by atoms with E-state index in [1.807, 2.05) is 38.2 Å². The van der Waals surface area contributed by atoms with Gasteiger partial charge in [0.25, 0.3) is 0 Å². The molecule has 1 aliphatic heterocycles. The fourth-order valence-corrected chi connectivity index (χ4v) is 2.63. The van der Waals surface area contributed by atoms with Crippen LogP contribution >= 0.6 is 0 Å². The number of aryl methyl sites for hydroxylation is 1. The molecule has 0 saturated carbocycles. The van der Waals surface area contributed by atoms with Gasteiger partial charge in [0.05, 0.1) is 0 Å². The second-order valence-corrected chi connectivity index (χ2v) is 5.68. The molecule has 0 radical (unpaired) electrons. The summed E-state index contributed by atoms with van der Waals surface area (Å²) in [5.74, 6) is 2.37. The second kappa shape index (κ2) is 6.70. The van der Waals surface area contributed by atoms with Crippen LogP contribution in [0.3, 0.4) is 0 Å². The topological polar surface area (TPSA) is 44.3 Å². The second-order valence-electron chi connectivity index (χ2n) is 5.68. The SMILES string of the molecule is C=CCN1CCC(CNc2ncc(C)c(N(C)C)n2)C1. The van der Waals surface area contributed by atoms with E-state index in [1.54, 1.807) is 0 Å². The van der Waals surface area contributed by atoms with Gasteiger partial charge in [-0.05, 0) is 25.8 Å². The molecule has 0 bridgehead atoms. The van der Waals surface area contributed by atoms with Gasteiger partial charge in [0.15, 0.2) is 0 Å². The van der Waals surface area contributed by atoms with Crippen molar-refractivity contribution in [3.63, 3.8) is 0 Å². The first kappa shape index (κ1) is 14.8. The lowest BCUT2D eigenvalue weighted by molar-refractivity contribution is 0.362. The van der Waals surface area contributed by atoms with Crippen molar-refractivity contribution in [2.75, 3.05) is 50.5 Å². The largest absolute Gasteiger partial charge is 0.362 e. The van der Waals surface area contributed by atoms with E-state index in [4.69, 9.17) is 0 Å². The van der Waals surface area contributed by atoms with Gasteiger partial charge < -0.3 is 10.2 Å². The van der Waals surface area contributed by atoms with Crippen LogP contribution in [0.5, 0.6) is 0 Å². The molecule has 1 atom stereocenters. The van der Waals surface area contributed by atoms with Crippen molar-refractivity contribution in [2.24, 2.45) is 5.92 Å². The minimum absolute atomic E-state index is 0.669. The number of nitrogens with zero attached hydrogens (tertiary/aromatic N) is 4. The van der Waals surface area contributed by atoms with Crippen LogP contribution in [0, 0.1) is 12.8 Å². The van der Waals surface area contributed by atoms with Gasteiger partial charge in [0, 0.05) is 45.5 Å². The summed E-state index contributed by atoms with van der Waals surface area (Å²) in [6, 6.07) is 0. The zero-order valence-corrected chi connectivity index (χ0v) is 12.8. The molecule has 1 aromatic rings. The summed E-state index contributed by atoms with van der Waals surface area (Å²) < 4.78 is 0. The maximum atomic E-state index is 4.56. The molecule has 0 aromatic carbocycles. The van der Waals surface area contributed by atoms with Crippen LogP contribution in [-0.2, 0) is 0 Å². The number of rotatable bonds is 6. The molecular weight excluding hydrogens is 250 g/mol.